The van der Waals surface area contributed by atoms with Crippen molar-refractivity contribution in [2.75, 3.05) is 11.9 Å². The largest absolute Gasteiger partial charge is 0.484 e. The first-order chi connectivity index (χ1) is 15.0. The topological polar surface area (TPSA) is 84.1 Å². The molecule has 2 N–H and O–H groups in total. The zero-order valence-corrected chi connectivity index (χ0v) is 18.0. The Hall–Kier alpha value is -3.41. The number of anilines is 1. The molecule has 0 spiro atoms. The number of H-pyrrole nitrogens is 1. The van der Waals surface area contributed by atoms with Gasteiger partial charge >= 0.3 is 0 Å². The molecule has 0 fully saturated rings. The maximum atomic E-state index is 12.3. The van der Waals surface area contributed by atoms with E-state index in [1.165, 1.54) is 5.56 Å². The number of benzene rings is 2. The first-order valence-corrected chi connectivity index (χ1v) is 10.7. The molecule has 6 heteroatoms. The van der Waals surface area contributed by atoms with Crippen LogP contribution in [-0.2, 0) is 24.1 Å². The highest BCUT2D eigenvalue weighted by Gasteiger charge is 2.18. The van der Waals surface area contributed by atoms with Crippen LogP contribution >= 0.6 is 0 Å². The highest BCUT2D eigenvalue weighted by molar-refractivity contribution is 5.91. The highest BCUT2D eigenvalue weighted by atomic mass is 16.5. The fourth-order valence-corrected chi connectivity index (χ4v) is 3.98. The molecule has 1 amide bonds. The standard InChI is InChI=1S/C25H27N3O3/c1-16-10-11-20(12-17(16)2)31-15-24(29)26-19-7-5-6-18(13-19)14-23-21-8-3-4-9-22(21)25(30)28-27-23/h5-7,10-13H,3-4,8-9,14-15H2,1-2H3,(H,26,29)(H,28,30). The van der Waals surface area contributed by atoms with E-state index >= 15 is 0 Å². The molecule has 0 saturated carbocycles. The summed E-state index contributed by atoms with van der Waals surface area (Å²) in [6.07, 6.45) is 4.46. The molecule has 3 aromatic rings. The average Bonchev–Trinajstić information content (AvgIpc) is 2.77. The van der Waals surface area contributed by atoms with Gasteiger partial charge in [0.2, 0.25) is 0 Å². The number of aromatic nitrogens is 2. The summed E-state index contributed by atoms with van der Waals surface area (Å²) >= 11 is 0. The third-order valence-electron chi connectivity index (χ3n) is 5.81. The number of carbonyl (C=O) groups is 1. The van der Waals surface area contributed by atoms with Gasteiger partial charge in [-0.05, 0) is 86.1 Å². The molecule has 0 aliphatic heterocycles. The summed E-state index contributed by atoms with van der Waals surface area (Å²) in [5, 5.41) is 9.85. The van der Waals surface area contributed by atoms with E-state index in [-0.39, 0.29) is 18.1 Å². The molecule has 2 aromatic carbocycles. The fraction of sp³-hybridized carbons (Fsp3) is 0.320. The molecule has 4 rings (SSSR count). The fourth-order valence-electron chi connectivity index (χ4n) is 3.98. The summed E-state index contributed by atoms with van der Waals surface area (Å²) in [5.41, 5.74) is 6.87. The third kappa shape index (κ3) is 5.02. The molecule has 6 nitrogen and oxygen atoms in total. The second-order valence-corrected chi connectivity index (χ2v) is 8.12. The number of hydrogen-bond acceptors (Lipinski definition) is 4. The first-order valence-electron chi connectivity index (χ1n) is 10.7. The smallest absolute Gasteiger partial charge is 0.267 e. The number of aryl methyl sites for hydroxylation is 2. The van der Waals surface area contributed by atoms with Gasteiger partial charge in [-0.3, -0.25) is 9.59 Å². The summed E-state index contributed by atoms with van der Waals surface area (Å²) in [5.74, 6) is 0.468. The van der Waals surface area contributed by atoms with Crippen molar-refractivity contribution in [2.24, 2.45) is 0 Å². The van der Waals surface area contributed by atoms with Gasteiger partial charge in [-0.25, -0.2) is 5.10 Å². The lowest BCUT2D eigenvalue weighted by molar-refractivity contribution is -0.118. The van der Waals surface area contributed by atoms with Crippen molar-refractivity contribution in [3.05, 3.63) is 86.3 Å². The molecule has 1 aliphatic rings. The van der Waals surface area contributed by atoms with Crippen LogP contribution in [0.25, 0.3) is 0 Å². The summed E-state index contributed by atoms with van der Waals surface area (Å²) < 4.78 is 5.62. The number of hydrogen-bond donors (Lipinski definition) is 2. The zero-order valence-electron chi connectivity index (χ0n) is 18.0. The molecule has 0 radical (unpaired) electrons. The maximum Gasteiger partial charge on any atom is 0.267 e. The van der Waals surface area contributed by atoms with Gasteiger partial charge in [0.1, 0.15) is 5.75 Å². The molecule has 0 saturated heterocycles. The van der Waals surface area contributed by atoms with Crippen LogP contribution in [0.4, 0.5) is 5.69 Å². The van der Waals surface area contributed by atoms with Crippen molar-refractivity contribution in [3.63, 3.8) is 0 Å². The molecule has 160 valence electrons. The third-order valence-corrected chi connectivity index (χ3v) is 5.81. The summed E-state index contributed by atoms with van der Waals surface area (Å²) in [4.78, 5) is 24.4. The monoisotopic (exact) mass is 417 g/mol. The molecule has 1 heterocycles. The van der Waals surface area contributed by atoms with Crippen LogP contribution in [0.5, 0.6) is 5.75 Å². The van der Waals surface area contributed by atoms with Crippen LogP contribution in [0.15, 0.2) is 47.3 Å². The van der Waals surface area contributed by atoms with Crippen molar-refractivity contribution in [3.8, 4) is 5.75 Å². The van der Waals surface area contributed by atoms with Crippen LogP contribution < -0.4 is 15.6 Å². The lowest BCUT2D eigenvalue weighted by Crippen LogP contribution is -2.23. The van der Waals surface area contributed by atoms with Gasteiger partial charge in [0.25, 0.3) is 11.5 Å². The number of ether oxygens (including phenoxy) is 1. The van der Waals surface area contributed by atoms with Gasteiger partial charge in [0, 0.05) is 17.7 Å². The second-order valence-electron chi connectivity index (χ2n) is 8.12. The Morgan fingerprint density at radius 3 is 2.68 bits per heavy atom. The number of amides is 1. The molecular formula is C25H27N3O3. The Balaban J connectivity index is 1.41. The van der Waals surface area contributed by atoms with E-state index in [0.29, 0.717) is 17.9 Å². The van der Waals surface area contributed by atoms with Crippen molar-refractivity contribution in [1.82, 2.24) is 10.2 Å². The van der Waals surface area contributed by atoms with E-state index < -0.39 is 0 Å². The van der Waals surface area contributed by atoms with Crippen molar-refractivity contribution >= 4 is 11.6 Å². The molecule has 1 aliphatic carbocycles. The quantitative estimate of drug-likeness (QED) is 0.638. The SMILES string of the molecule is Cc1ccc(OCC(=O)Nc2cccc(Cc3n[nH]c(=O)c4c3CCCC4)c2)cc1C. The van der Waals surface area contributed by atoms with E-state index in [1.807, 2.05) is 56.3 Å². The highest BCUT2D eigenvalue weighted by Crippen LogP contribution is 2.23. The van der Waals surface area contributed by atoms with Gasteiger partial charge in [-0.2, -0.15) is 5.10 Å². The van der Waals surface area contributed by atoms with Crippen LogP contribution in [0, 0.1) is 13.8 Å². The van der Waals surface area contributed by atoms with Crippen LogP contribution in [0.2, 0.25) is 0 Å². The summed E-state index contributed by atoms with van der Waals surface area (Å²) in [7, 11) is 0. The number of fused-ring (bicyclic) bond motifs is 1. The van der Waals surface area contributed by atoms with Crippen LogP contribution in [0.1, 0.15) is 46.4 Å². The van der Waals surface area contributed by atoms with Crippen LogP contribution in [-0.4, -0.2) is 22.7 Å². The van der Waals surface area contributed by atoms with Gasteiger partial charge in [-0.1, -0.05) is 18.2 Å². The minimum Gasteiger partial charge on any atom is -0.484 e. The molecule has 0 unspecified atom stereocenters. The van der Waals surface area contributed by atoms with Crippen molar-refractivity contribution in [1.29, 1.82) is 0 Å². The van der Waals surface area contributed by atoms with Gasteiger partial charge in [0.05, 0.1) is 5.69 Å². The number of carbonyl (C=O) groups excluding carboxylic acids is 1. The normalized spacial score (nSPS) is 12.8. The van der Waals surface area contributed by atoms with Crippen molar-refractivity contribution < 1.29 is 9.53 Å². The molecular weight excluding hydrogens is 390 g/mol. The Bertz CT molecular complexity index is 1170. The molecule has 31 heavy (non-hydrogen) atoms. The number of rotatable bonds is 6. The van der Waals surface area contributed by atoms with Gasteiger partial charge in [-0.15, -0.1) is 0 Å². The summed E-state index contributed by atoms with van der Waals surface area (Å²) in [6.45, 7) is 4.00. The Labute approximate surface area is 181 Å². The zero-order chi connectivity index (χ0) is 21.8. The number of nitrogens with one attached hydrogen (secondary N) is 2. The number of aromatic amines is 1. The Morgan fingerprint density at radius 2 is 1.87 bits per heavy atom. The van der Waals surface area contributed by atoms with Crippen molar-refractivity contribution in [2.45, 2.75) is 46.0 Å². The Morgan fingerprint density at radius 1 is 1.06 bits per heavy atom. The van der Waals surface area contributed by atoms with E-state index in [0.717, 1.165) is 53.6 Å². The lowest BCUT2D eigenvalue weighted by Gasteiger charge is -2.17. The van der Waals surface area contributed by atoms with E-state index in [2.05, 4.69) is 15.5 Å². The Kier molecular flexibility index (Phi) is 6.16. The summed E-state index contributed by atoms with van der Waals surface area (Å²) in [6, 6.07) is 13.5. The lowest BCUT2D eigenvalue weighted by atomic mass is 9.90. The molecule has 0 atom stereocenters. The van der Waals surface area contributed by atoms with E-state index in [9.17, 15) is 9.59 Å². The second kappa shape index (κ2) is 9.16. The van der Waals surface area contributed by atoms with E-state index in [4.69, 9.17) is 4.74 Å². The predicted octanol–water partition coefficient (Wildman–Crippen LogP) is 3.87. The number of nitrogens with zero attached hydrogens (tertiary/aromatic N) is 1. The van der Waals surface area contributed by atoms with Gasteiger partial charge < -0.3 is 10.1 Å². The maximum absolute atomic E-state index is 12.3. The predicted molar refractivity (Wildman–Crippen MR) is 121 cm³/mol. The first kappa shape index (κ1) is 20.8. The molecule has 1 aromatic heterocycles. The minimum atomic E-state index is -0.213. The van der Waals surface area contributed by atoms with Gasteiger partial charge in [0.15, 0.2) is 6.61 Å². The molecule has 0 bridgehead atoms. The van der Waals surface area contributed by atoms with Crippen LogP contribution in [0.3, 0.4) is 0 Å². The minimum absolute atomic E-state index is 0.0539. The average molecular weight is 418 g/mol. The van der Waals surface area contributed by atoms with E-state index in [1.54, 1.807) is 0 Å².